The van der Waals surface area contributed by atoms with Crippen molar-refractivity contribution >= 4 is 20.5 Å². The summed E-state index contributed by atoms with van der Waals surface area (Å²) in [5.41, 5.74) is 2.19. The van der Waals surface area contributed by atoms with Gasteiger partial charge in [0.05, 0.1) is 25.2 Å². The zero-order valence-corrected chi connectivity index (χ0v) is 37.2. The Morgan fingerprint density at radius 1 is 1.02 bits per heavy atom. The number of carbonyl (C=O) groups excluding carboxylic acids is 2. The van der Waals surface area contributed by atoms with Crippen molar-refractivity contribution in [3.05, 3.63) is 11.6 Å². The Hall–Kier alpha value is -1.72. The van der Waals surface area contributed by atoms with Crippen LogP contribution in [0.15, 0.2) is 11.6 Å². The molecule has 1 saturated heterocycles. The molecular weight excluding hydrogens is 707 g/mol. The average Bonchev–Trinajstić information content (AvgIpc) is 3.70. The molecule has 0 aromatic carbocycles. The predicted molar refractivity (Wildman–Crippen MR) is 222 cm³/mol. The Labute approximate surface area is 336 Å². The van der Waals surface area contributed by atoms with Crippen LogP contribution in [0.2, 0.25) is 0 Å². The number of nitrogens with zero attached hydrogens (tertiary/aromatic N) is 3. The van der Waals surface area contributed by atoms with E-state index in [1.54, 1.807) is 0 Å². The van der Waals surface area contributed by atoms with Crippen LogP contribution < -0.4 is 5.32 Å². The van der Waals surface area contributed by atoms with Gasteiger partial charge in [-0.1, -0.05) is 72.5 Å². The fourth-order valence-corrected chi connectivity index (χ4v) is 13.9. The second-order valence-electron chi connectivity index (χ2n) is 19.6. The van der Waals surface area contributed by atoms with E-state index in [-0.39, 0.29) is 48.1 Å². The highest BCUT2D eigenvalue weighted by molar-refractivity contribution is 7.44. The minimum Gasteiger partial charge on any atom is -0.446 e. The van der Waals surface area contributed by atoms with Crippen molar-refractivity contribution in [1.82, 2.24) is 14.9 Å². The van der Waals surface area contributed by atoms with Crippen molar-refractivity contribution in [2.75, 3.05) is 26.2 Å². The van der Waals surface area contributed by atoms with E-state index in [1.165, 1.54) is 56.9 Å². The maximum Gasteiger partial charge on any atom is 0.407 e. The normalized spacial score (nSPS) is 34.2. The zero-order valence-electron chi connectivity index (χ0n) is 36.3. The third kappa shape index (κ3) is 10.1. The van der Waals surface area contributed by atoms with Crippen molar-refractivity contribution in [2.24, 2.45) is 52.3 Å². The molecule has 0 spiro atoms. The van der Waals surface area contributed by atoms with Crippen LogP contribution in [-0.4, -0.2) is 72.1 Å². The summed E-state index contributed by atoms with van der Waals surface area (Å²) < 4.78 is 21.0. The first-order chi connectivity index (χ1) is 26.1. The number of hydrogen-bond donors (Lipinski definition) is 1. The van der Waals surface area contributed by atoms with E-state index in [0.717, 1.165) is 61.2 Å². The molecule has 3 saturated carbocycles. The predicted octanol–water partition coefficient (Wildman–Crippen LogP) is 10.7. The lowest BCUT2D eigenvalue weighted by molar-refractivity contribution is -0.129. The van der Waals surface area contributed by atoms with Crippen molar-refractivity contribution in [3.8, 4) is 6.07 Å². The van der Waals surface area contributed by atoms with Crippen molar-refractivity contribution in [2.45, 2.75) is 177 Å². The van der Waals surface area contributed by atoms with Crippen LogP contribution in [0.3, 0.4) is 0 Å². The van der Waals surface area contributed by atoms with E-state index in [9.17, 15) is 9.59 Å². The molecule has 6 unspecified atom stereocenters. The third-order valence-corrected chi connectivity index (χ3v) is 17.2. The Morgan fingerprint density at radius 3 is 2.44 bits per heavy atom. The van der Waals surface area contributed by atoms with E-state index < -0.39 is 14.6 Å². The minimum absolute atomic E-state index is 0.0894. The fraction of sp³-hybridized carbons (Fsp3) is 0.889. The molecule has 1 N–H and O–H groups in total. The Morgan fingerprint density at radius 2 is 1.76 bits per heavy atom. The molecule has 9 nitrogen and oxygen atoms in total. The van der Waals surface area contributed by atoms with Gasteiger partial charge in [-0.2, -0.15) is 5.26 Å². The van der Waals surface area contributed by atoms with Crippen LogP contribution in [0.5, 0.6) is 0 Å². The highest BCUT2D eigenvalue weighted by Gasteiger charge is 2.59. The SMILES string of the molecule is CCC1CN(C(=O)CNC(=O)O[C@H]2CC[C@@]3(C)C(=CCC4C3CC[C@@]3(C)C4CC[C@@H]3[C@H](C)CCCC(C)C)C2)CC1OP(OCCC#N)N(C(C)C)C(C)C. The molecule has 5 rings (SSSR count). The molecule has 1 aliphatic heterocycles. The fourth-order valence-electron chi connectivity index (χ4n) is 12.2. The highest BCUT2D eigenvalue weighted by atomic mass is 31.2. The van der Waals surface area contributed by atoms with Crippen LogP contribution >= 0.6 is 8.53 Å². The minimum atomic E-state index is -1.40. The van der Waals surface area contributed by atoms with Gasteiger partial charge in [0.15, 0.2) is 0 Å². The van der Waals surface area contributed by atoms with Gasteiger partial charge in [0.2, 0.25) is 5.91 Å². The molecule has 5 aliphatic rings. The van der Waals surface area contributed by atoms with Crippen LogP contribution in [0.1, 0.15) is 153 Å². The van der Waals surface area contributed by atoms with Crippen LogP contribution in [-0.2, 0) is 18.6 Å². The van der Waals surface area contributed by atoms with Gasteiger partial charge in [-0.3, -0.25) is 4.79 Å². The molecular formula is C45H77N4O5P. The molecule has 1 heterocycles. The van der Waals surface area contributed by atoms with Gasteiger partial charge >= 0.3 is 6.09 Å². The number of allylic oxidation sites excluding steroid dienone is 1. The summed E-state index contributed by atoms with van der Waals surface area (Å²) in [6.45, 7) is 24.3. The topological polar surface area (TPSA) is 104 Å². The summed E-state index contributed by atoms with van der Waals surface area (Å²) in [4.78, 5) is 28.3. The second-order valence-corrected chi connectivity index (χ2v) is 21.0. The molecule has 0 bridgehead atoms. The summed E-state index contributed by atoms with van der Waals surface area (Å²) in [6.07, 6.45) is 16.5. The monoisotopic (exact) mass is 785 g/mol. The molecule has 2 amide bonds. The lowest BCUT2D eigenvalue weighted by Crippen LogP contribution is -2.51. The summed E-state index contributed by atoms with van der Waals surface area (Å²) in [5, 5.41) is 11.9. The quantitative estimate of drug-likeness (QED) is 0.0890. The molecule has 4 fully saturated rings. The number of rotatable bonds is 17. The van der Waals surface area contributed by atoms with Gasteiger partial charge in [0, 0.05) is 37.5 Å². The summed E-state index contributed by atoms with van der Waals surface area (Å²) in [5.74, 6) is 4.88. The van der Waals surface area contributed by atoms with Gasteiger partial charge in [0.25, 0.3) is 8.53 Å². The number of carbonyl (C=O) groups is 2. The van der Waals surface area contributed by atoms with E-state index in [0.29, 0.717) is 31.5 Å². The molecule has 312 valence electrons. The Bertz CT molecular complexity index is 1360. The number of ether oxygens (including phenoxy) is 1. The molecule has 10 heteroatoms. The maximum atomic E-state index is 13.4. The lowest BCUT2D eigenvalue weighted by Gasteiger charge is -2.58. The van der Waals surface area contributed by atoms with Crippen LogP contribution in [0.4, 0.5) is 4.79 Å². The number of likely N-dealkylation sites (tertiary alicyclic amines) is 1. The average molecular weight is 785 g/mol. The van der Waals surface area contributed by atoms with Crippen molar-refractivity contribution < 1.29 is 23.4 Å². The summed E-state index contributed by atoms with van der Waals surface area (Å²) >= 11 is 0. The van der Waals surface area contributed by atoms with E-state index >= 15 is 0 Å². The largest absolute Gasteiger partial charge is 0.446 e. The smallest absolute Gasteiger partial charge is 0.407 e. The van der Waals surface area contributed by atoms with Gasteiger partial charge in [-0.05, 0) is 125 Å². The van der Waals surface area contributed by atoms with Crippen LogP contribution in [0, 0.1) is 63.6 Å². The lowest BCUT2D eigenvalue weighted by atomic mass is 9.47. The van der Waals surface area contributed by atoms with Gasteiger partial charge in [-0.25, -0.2) is 9.46 Å². The molecule has 0 radical (unpaired) electrons. The first-order valence-corrected chi connectivity index (χ1v) is 23.4. The highest BCUT2D eigenvalue weighted by Crippen LogP contribution is 2.67. The third-order valence-electron chi connectivity index (χ3n) is 15.1. The van der Waals surface area contributed by atoms with Gasteiger partial charge < -0.3 is 24.0 Å². The Kier molecular flexibility index (Phi) is 15.6. The molecule has 55 heavy (non-hydrogen) atoms. The van der Waals surface area contributed by atoms with E-state index in [1.807, 2.05) is 4.90 Å². The van der Waals surface area contributed by atoms with E-state index in [2.05, 4.69) is 91.4 Å². The Balaban J connectivity index is 1.11. The molecule has 11 atom stereocenters. The van der Waals surface area contributed by atoms with Gasteiger partial charge in [0.1, 0.15) is 12.6 Å². The zero-order chi connectivity index (χ0) is 40.1. The standard InChI is InChI=1S/C45H77N4O5P/c1-11-34-28-48(29-41(34)54-55(52-25-13-24-46)49(31(4)5)32(6)7)42(50)27-47-43(51)53-36-20-22-44(9)35(26-36)16-17-37-39-19-18-38(33(8)15-12-14-30(2)3)45(39,10)23-21-40(37)44/h16,30-34,36-41H,11-15,17-23,25-29H2,1-10H3,(H,47,51)/t33-,34?,36+,37?,38-,39?,40?,41?,44+,45-,55?/m1/s1. The molecule has 0 aromatic rings. The number of hydrogen-bond acceptors (Lipinski definition) is 7. The summed E-state index contributed by atoms with van der Waals surface area (Å²) in [6, 6.07) is 2.56. The first-order valence-electron chi connectivity index (χ1n) is 22.3. The molecule has 0 aromatic heterocycles. The number of amides is 2. The van der Waals surface area contributed by atoms with Crippen LogP contribution in [0.25, 0.3) is 0 Å². The maximum absolute atomic E-state index is 13.4. The number of nitrogens with one attached hydrogen (secondary N) is 1. The second kappa shape index (κ2) is 19.4. The molecule has 4 aliphatic carbocycles. The number of alkyl carbamates (subject to hydrolysis) is 1. The number of nitriles is 1. The van der Waals surface area contributed by atoms with E-state index in [4.69, 9.17) is 19.0 Å². The first kappa shape index (κ1) is 44.4. The summed E-state index contributed by atoms with van der Waals surface area (Å²) in [7, 11) is -1.40. The van der Waals surface area contributed by atoms with Crippen molar-refractivity contribution in [3.63, 3.8) is 0 Å². The van der Waals surface area contributed by atoms with Gasteiger partial charge in [-0.15, -0.1) is 0 Å². The van der Waals surface area contributed by atoms with Crippen molar-refractivity contribution in [1.29, 1.82) is 5.26 Å². The number of fused-ring (bicyclic) bond motifs is 5.